The molecule has 3 bridgehead atoms. The molecule has 5 unspecified atom stereocenters. The highest BCUT2D eigenvalue weighted by atomic mass is 32.2. The van der Waals surface area contributed by atoms with Crippen molar-refractivity contribution in [1.29, 1.82) is 0 Å². The van der Waals surface area contributed by atoms with Gasteiger partial charge in [-0.25, -0.2) is 4.72 Å². The van der Waals surface area contributed by atoms with Gasteiger partial charge in [-0.2, -0.15) is 13.1 Å². The van der Waals surface area contributed by atoms with Gasteiger partial charge in [0.1, 0.15) is 0 Å². The van der Waals surface area contributed by atoms with E-state index in [1.807, 2.05) is 0 Å². The Morgan fingerprint density at radius 3 is 2.53 bits per heavy atom. The van der Waals surface area contributed by atoms with Gasteiger partial charge >= 0.3 is 10.2 Å². The Hall–Kier alpha value is -1.23. The Balaban J connectivity index is 1.28. The Labute approximate surface area is 190 Å². The van der Waals surface area contributed by atoms with Crippen LogP contribution in [-0.2, 0) is 19.8 Å². The van der Waals surface area contributed by atoms with Gasteiger partial charge in [0.15, 0.2) is 0 Å². The van der Waals surface area contributed by atoms with Crippen LogP contribution >= 0.6 is 0 Å². The highest BCUT2D eigenvalue weighted by Gasteiger charge is 2.78. The largest absolute Gasteiger partial charge is 0.326 e. The first kappa shape index (κ1) is 22.6. The van der Waals surface area contributed by atoms with Crippen molar-refractivity contribution in [1.82, 2.24) is 19.7 Å². The molecule has 0 aromatic carbocycles. The summed E-state index contributed by atoms with van der Waals surface area (Å²) in [5.74, 6) is 0.439. The molecule has 1 saturated heterocycles. The second-order valence-corrected chi connectivity index (χ2v) is 13.6. The number of nitrogens with zero attached hydrogens (tertiary/aromatic N) is 1. The number of carbonyl (C=O) groups is 2. The molecular weight excluding hydrogens is 430 g/mol. The Morgan fingerprint density at radius 2 is 1.88 bits per heavy atom. The van der Waals surface area contributed by atoms with E-state index in [4.69, 9.17) is 5.73 Å². The number of likely N-dealkylation sites (tertiary alicyclic amines) is 1. The summed E-state index contributed by atoms with van der Waals surface area (Å²) < 4.78 is 31.0. The van der Waals surface area contributed by atoms with E-state index in [0.29, 0.717) is 18.4 Å². The molecule has 180 valence electrons. The minimum atomic E-state index is -3.94. The molecule has 5 aliphatic rings. The third-order valence-electron chi connectivity index (χ3n) is 9.06. The summed E-state index contributed by atoms with van der Waals surface area (Å²) in [6, 6.07) is 0. The lowest BCUT2D eigenvalue weighted by Gasteiger charge is -2.58. The maximum Gasteiger partial charge on any atom is 0.301 e. The second-order valence-electron chi connectivity index (χ2n) is 12.2. The summed E-state index contributed by atoms with van der Waals surface area (Å²) in [6.07, 6.45) is 7.14. The third-order valence-corrected chi connectivity index (χ3v) is 10.2. The quantitative estimate of drug-likeness (QED) is 0.451. The summed E-state index contributed by atoms with van der Waals surface area (Å²) >= 11 is 0. The molecule has 0 radical (unpaired) electrons. The summed E-state index contributed by atoms with van der Waals surface area (Å²) in [5, 5.41) is 3.61. The fourth-order valence-corrected chi connectivity index (χ4v) is 9.36. The van der Waals surface area contributed by atoms with E-state index in [2.05, 4.69) is 14.8 Å². The lowest BCUT2D eigenvalue weighted by atomic mass is 9.51. The van der Waals surface area contributed by atoms with Crippen molar-refractivity contribution in [2.45, 2.75) is 89.4 Å². The van der Waals surface area contributed by atoms with Crippen LogP contribution in [0.5, 0.6) is 0 Å². The van der Waals surface area contributed by atoms with Crippen molar-refractivity contribution < 1.29 is 18.0 Å². The van der Waals surface area contributed by atoms with Gasteiger partial charge in [0.05, 0.1) is 12.7 Å². The number of hydrogen-bond acceptors (Lipinski definition) is 6. The molecule has 9 nitrogen and oxygen atoms in total. The molecule has 5 N–H and O–H groups in total. The van der Waals surface area contributed by atoms with E-state index in [1.165, 1.54) is 0 Å². The lowest BCUT2D eigenvalue weighted by Crippen LogP contribution is -2.68. The van der Waals surface area contributed by atoms with Crippen molar-refractivity contribution in [3.05, 3.63) is 0 Å². The first-order chi connectivity index (χ1) is 14.8. The predicted molar refractivity (Wildman–Crippen MR) is 119 cm³/mol. The first-order valence-electron chi connectivity index (χ1n) is 12.0. The molecule has 4 aliphatic carbocycles. The van der Waals surface area contributed by atoms with E-state index in [0.717, 1.165) is 57.9 Å². The number of hydrogen-bond donors (Lipinski definition) is 4. The number of rotatable bonds is 6. The van der Waals surface area contributed by atoms with Gasteiger partial charge < -0.3 is 16.0 Å². The normalized spacial score (nSPS) is 42.1. The summed E-state index contributed by atoms with van der Waals surface area (Å²) in [6.45, 7) is 6.12. The molecule has 32 heavy (non-hydrogen) atoms. The van der Waals surface area contributed by atoms with Crippen LogP contribution in [0.4, 0.5) is 0 Å². The Bertz CT molecular complexity index is 944. The fourth-order valence-electron chi connectivity index (χ4n) is 7.88. The van der Waals surface area contributed by atoms with Crippen molar-refractivity contribution >= 4 is 22.0 Å². The van der Waals surface area contributed by atoms with Crippen molar-refractivity contribution in [3.63, 3.8) is 0 Å². The number of fused-ring (bicyclic) bond motifs is 2. The smallest absolute Gasteiger partial charge is 0.301 e. The van der Waals surface area contributed by atoms with Crippen LogP contribution in [0.2, 0.25) is 0 Å². The fraction of sp³-hybridized carbons (Fsp3) is 0.909. The van der Waals surface area contributed by atoms with E-state index in [9.17, 15) is 18.0 Å². The van der Waals surface area contributed by atoms with Crippen molar-refractivity contribution in [3.8, 4) is 0 Å². The van der Waals surface area contributed by atoms with E-state index in [-0.39, 0.29) is 23.0 Å². The van der Waals surface area contributed by atoms with Crippen molar-refractivity contribution in [2.75, 3.05) is 13.1 Å². The maximum atomic E-state index is 12.9. The van der Waals surface area contributed by atoms with Gasteiger partial charge in [-0.15, -0.1) is 0 Å². The van der Waals surface area contributed by atoms with Crippen LogP contribution < -0.4 is 20.5 Å². The van der Waals surface area contributed by atoms with Gasteiger partial charge in [0.2, 0.25) is 11.8 Å². The molecule has 5 rings (SSSR count). The molecule has 4 saturated carbocycles. The molecule has 0 aromatic heterocycles. The van der Waals surface area contributed by atoms with Crippen LogP contribution in [0, 0.1) is 22.7 Å². The number of nitrogens with two attached hydrogens (primary N) is 1. The molecule has 0 aromatic rings. The molecule has 1 heterocycles. The predicted octanol–water partition coefficient (Wildman–Crippen LogP) is 0.571. The molecular formula is C22H37N5O4S. The second kappa shape index (κ2) is 6.90. The molecule has 1 spiro atoms. The highest BCUT2D eigenvalue weighted by Crippen LogP contribution is 2.78. The van der Waals surface area contributed by atoms with Crippen LogP contribution in [0.3, 0.4) is 0 Å². The van der Waals surface area contributed by atoms with Crippen LogP contribution in [0.15, 0.2) is 0 Å². The molecule has 10 heteroatoms. The maximum absolute atomic E-state index is 12.9. The zero-order valence-corrected chi connectivity index (χ0v) is 20.2. The van der Waals surface area contributed by atoms with Crippen LogP contribution in [-0.4, -0.2) is 55.5 Å². The average molecular weight is 468 g/mol. The summed E-state index contributed by atoms with van der Waals surface area (Å²) in [4.78, 5) is 26.8. The van der Waals surface area contributed by atoms with Crippen molar-refractivity contribution in [2.24, 2.45) is 28.4 Å². The van der Waals surface area contributed by atoms with Gasteiger partial charge in [-0.1, -0.05) is 20.8 Å². The molecule has 6 atom stereocenters. The monoisotopic (exact) mass is 467 g/mol. The molecule has 1 aliphatic heterocycles. The number of carbonyl (C=O) groups excluding carboxylic acids is 2. The Morgan fingerprint density at radius 1 is 1.12 bits per heavy atom. The highest BCUT2D eigenvalue weighted by molar-refractivity contribution is 7.88. The Kier molecular flexibility index (Phi) is 4.86. The zero-order chi connectivity index (χ0) is 23.2. The van der Waals surface area contributed by atoms with Gasteiger partial charge in [0.25, 0.3) is 0 Å². The topological polar surface area (TPSA) is 134 Å². The zero-order valence-electron chi connectivity index (χ0n) is 19.4. The minimum absolute atomic E-state index is 0.0656. The number of amides is 2. The minimum Gasteiger partial charge on any atom is -0.326 e. The van der Waals surface area contributed by atoms with Gasteiger partial charge in [0, 0.05) is 23.0 Å². The van der Waals surface area contributed by atoms with Crippen LogP contribution in [0.1, 0.15) is 72.1 Å². The summed E-state index contributed by atoms with van der Waals surface area (Å²) in [7, 11) is -3.94. The van der Waals surface area contributed by atoms with Gasteiger partial charge in [-0.3, -0.25) is 9.59 Å². The summed E-state index contributed by atoms with van der Waals surface area (Å²) in [5.41, 5.74) is 4.62. The lowest BCUT2D eigenvalue weighted by molar-refractivity contribution is -0.131. The first-order valence-corrected chi connectivity index (χ1v) is 13.4. The number of nitrogens with one attached hydrogen (secondary N) is 3. The van der Waals surface area contributed by atoms with E-state index in [1.54, 1.807) is 25.7 Å². The average Bonchev–Trinajstić information content (AvgIpc) is 3.21. The molecule has 2 amide bonds. The standard InChI is InChI=1S/C22H37N5O4S/c1-19(2,3)18(29)25-32(30,31)26-22-9-14-7-20(10-15(11-22)21(22,8-14)13-20)24-12-17(28)27-6-4-5-16(27)23/h14-16,24,26H,4-13,23H2,1-3H3,(H,25,29)/t14?,15?,16-,20?,21?,22?/m0/s1. The molecule has 5 fully saturated rings. The van der Waals surface area contributed by atoms with E-state index >= 15 is 0 Å². The van der Waals surface area contributed by atoms with Crippen LogP contribution in [0.25, 0.3) is 0 Å². The third kappa shape index (κ3) is 3.32. The SMILES string of the molecule is CC(C)(C)C(=O)NS(=O)(=O)NC12CC3CC4(NCC(=O)N5CCC[C@H]5N)CC(C1)C2(C3)C4. The van der Waals surface area contributed by atoms with Gasteiger partial charge in [-0.05, 0) is 68.6 Å². The van der Waals surface area contributed by atoms with E-state index < -0.39 is 27.1 Å².